The Balaban J connectivity index is 1.60. The highest BCUT2D eigenvalue weighted by Gasteiger charge is 2.29. The van der Waals surface area contributed by atoms with E-state index in [2.05, 4.69) is 10.2 Å². The maximum absolute atomic E-state index is 13.1. The van der Waals surface area contributed by atoms with E-state index in [1.165, 1.54) is 21.7 Å². The number of hydrogen-bond donors (Lipinski definition) is 0. The fourth-order valence-corrected chi connectivity index (χ4v) is 3.67. The van der Waals surface area contributed by atoms with Crippen LogP contribution in [0.1, 0.15) is 50.2 Å². The van der Waals surface area contributed by atoms with Gasteiger partial charge in [-0.1, -0.05) is 19.8 Å². The van der Waals surface area contributed by atoms with E-state index >= 15 is 0 Å². The van der Waals surface area contributed by atoms with Crippen LogP contribution in [0.3, 0.4) is 0 Å². The smallest absolute Gasteiger partial charge is 0.293 e. The van der Waals surface area contributed by atoms with Gasteiger partial charge in [0, 0.05) is 13.0 Å². The molecule has 0 spiro atoms. The summed E-state index contributed by atoms with van der Waals surface area (Å²) in [7, 11) is 0. The molecule has 27 heavy (non-hydrogen) atoms. The predicted molar refractivity (Wildman–Crippen MR) is 98.3 cm³/mol. The molecule has 4 heterocycles. The standard InChI is InChI=1S/C19H23N5O3/c1-2-14-7-8-17(27-14)15-6-4-3-5-11-22(15)18(25)12-23-19(26)16-9-10-20-24(16)13-21-23/h7-10,13,15H,2-6,11-12H2,1H3. The van der Waals surface area contributed by atoms with Crippen LogP contribution in [0, 0.1) is 0 Å². The van der Waals surface area contributed by atoms with Crippen LogP contribution in [-0.4, -0.2) is 36.7 Å². The number of hydrogen-bond acceptors (Lipinski definition) is 5. The van der Waals surface area contributed by atoms with Crippen LogP contribution in [-0.2, 0) is 17.8 Å². The molecule has 1 fully saturated rings. The summed E-state index contributed by atoms with van der Waals surface area (Å²) in [5, 5.41) is 8.08. The first-order valence-electron chi connectivity index (χ1n) is 9.45. The summed E-state index contributed by atoms with van der Waals surface area (Å²) in [6.45, 7) is 2.62. The van der Waals surface area contributed by atoms with Crippen molar-refractivity contribution in [3.63, 3.8) is 0 Å². The average Bonchev–Trinajstić information content (AvgIpc) is 3.28. The molecule has 0 radical (unpaired) electrons. The molecule has 0 saturated carbocycles. The first-order chi connectivity index (χ1) is 13.2. The maximum atomic E-state index is 13.1. The zero-order chi connectivity index (χ0) is 18.8. The predicted octanol–water partition coefficient (Wildman–Crippen LogP) is 2.19. The number of carbonyl (C=O) groups excluding carboxylic acids is 1. The lowest BCUT2D eigenvalue weighted by Crippen LogP contribution is -2.39. The van der Waals surface area contributed by atoms with E-state index < -0.39 is 0 Å². The Morgan fingerprint density at radius 2 is 2.11 bits per heavy atom. The molecule has 0 aliphatic carbocycles. The van der Waals surface area contributed by atoms with Crippen LogP contribution in [0.15, 0.2) is 39.9 Å². The molecule has 4 rings (SSSR count). The molecule has 8 nitrogen and oxygen atoms in total. The molecule has 1 aliphatic rings. The fourth-order valence-electron chi connectivity index (χ4n) is 3.67. The van der Waals surface area contributed by atoms with Crippen molar-refractivity contribution in [2.75, 3.05) is 6.54 Å². The van der Waals surface area contributed by atoms with Gasteiger partial charge in [-0.05, 0) is 31.0 Å². The van der Waals surface area contributed by atoms with Crippen molar-refractivity contribution in [3.05, 3.63) is 52.6 Å². The number of aryl methyl sites for hydroxylation is 1. The van der Waals surface area contributed by atoms with E-state index in [0.717, 1.165) is 43.6 Å². The third-order valence-electron chi connectivity index (χ3n) is 5.14. The van der Waals surface area contributed by atoms with Gasteiger partial charge in [0.15, 0.2) is 0 Å². The van der Waals surface area contributed by atoms with Crippen molar-refractivity contribution in [1.82, 2.24) is 24.3 Å². The number of rotatable bonds is 4. The monoisotopic (exact) mass is 369 g/mol. The van der Waals surface area contributed by atoms with Gasteiger partial charge in [-0.3, -0.25) is 9.59 Å². The summed E-state index contributed by atoms with van der Waals surface area (Å²) >= 11 is 0. The van der Waals surface area contributed by atoms with Crippen LogP contribution >= 0.6 is 0 Å². The van der Waals surface area contributed by atoms with Crippen LogP contribution in [0.4, 0.5) is 0 Å². The third-order valence-corrected chi connectivity index (χ3v) is 5.14. The fraction of sp³-hybridized carbons (Fsp3) is 0.474. The highest BCUT2D eigenvalue weighted by Crippen LogP contribution is 2.31. The van der Waals surface area contributed by atoms with Gasteiger partial charge in [-0.15, -0.1) is 0 Å². The van der Waals surface area contributed by atoms with Gasteiger partial charge in [0.2, 0.25) is 5.91 Å². The SMILES string of the molecule is CCc1ccc(C2CCCCCN2C(=O)Cn2ncn3nccc3c2=O)o1. The first-order valence-corrected chi connectivity index (χ1v) is 9.45. The van der Waals surface area contributed by atoms with Gasteiger partial charge in [0.05, 0.1) is 12.2 Å². The van der Waals surface area contributed by atoms with Gasteiger partial charge in [0.1, 0.15) is 29.9 Å². The molecule has 3 aromatic rings. The number of nitrogens with zero attached hydrogens (tertiary/aromatic N) is 5. The van der Waals surface area contributed by atoms with E-state index in [1.54, 1.807) is 6.07 Å². The molecule has 3 aromatic heterocycles. The van der Waals surface area contributed by atoms with E-state index in [4.69, 9.17) is 4.42 Å². The van der Waals surface area contributed by atoms with Gasteiger partial charge in [-0.2, -0.15) is 10.2 Å². The summed E-state index contributed by atoms with van der Waals surface area (Å²) in [6.07, 6.45) is 7.77. The lowest BCUT2D eigenvalue weighted by Gasteiger charge is -2.28. The quantitative estimate of drug-likeness (QED) is 0.704. The second-order valence-corrected chi connectivity index (χ2v) is 6.86. The Labute approximate surface area is 156 Å². The Morgan fingerprint density at radius 1 is 1.22 bits per heavy atom. The van der Waals surface area contributed by atoms with Crippen molar-refractivity contribution in [3.8, 4) is 0 Å². The molecule has 142 valence electrons. The maximum Gasteiger partial charge on any atom is 0.293 e. The molecule has 8 heteroatoms. The van der Waals surface area contributed by atoms with Crippen LogP contribution in [0.5, 0.6) is 0 Å². The zero-order valence-electron chi connectivity index (χ0n) is 15.4. The van der Waals surface area contributed by atoms with Gasteiger partial charge < -0.3 is 9.32 Å². The molecule has 0 aromatic carbocycles. The second kappa shape index (κ2) is 7.38. The molecule has 1 saturated heterocycles. The molecule has 1 unspecified atom stereocenters. The Morgan fingerprint density at radius 3 is 2.93 bits per heavy atom. The molecular formula is C19H23N5O3. The molecular weight excluding hydrogens is 346 g/mol. The summed E-state index contributed by atoms with van der Waals surface area (Å²) in [5.74, 6) is 1.63. The minimum absolute atomic E-state index is 0.0850. The molecule has 1 amide bonds. The minimum Gasteiger partial charge on any atom is -0.464 e. The number of carbonyl (C=O) groups is 1. The number of furan rings is 1. The summed E-state index contributed by atoms with van der Waals surface area (Å²) in [6, 6.07) is 5.48. The minimum atomic E-state index is -0.319. The van der Waals surface area contributed by atoms with Gasteiger partial charge in [-0.25, -0.2) is 9.20 Å². The highest BCUT2D eigenvalue weighted by molar-refractivity contribution is 5.76. The van der Waals surface area contributed by atoms with E-state index in [0.29, 0.717) is 12.1 Å². The second-order valence-electron chi connectivity index (χ2n) is 6.86. The van der Waals surface area contributed by atoms with Gasteiger partial charge >= 0.3 is 0 Å². The Kier molecular flexibility index (Phi) is 4.79. The highest BCUT2D eigenvalue weighted by atomic mass is 16.3. The Bertz CT molecular complexity index is 1000. The summed E-state index contributed by atoms with van der Waals surface area (Å²) in [4.78, 5) is 27.4. The molecule has 0 bridgehead atoms. The van der Waals surface area contributed by atoms with E-state index in [9.17, 15) is 9.59 Å². The topological polar surface area (TPSA) is 85.6 Å². The van der Waals surface area contributed by atoms with Crippen molar-refractivity contribution in [2.24, 2.45) is 0 Å². The first kappa shape index (κ1) is 17.5. The third kappa shape index (κ3) is 3.39. The largest absolute Gasteiger partial charge is 0.464 e. The normalized spacial score (nSPS) is 18.0. The molecule has 1 aliphatic heterocycles. The number of amides is 1. The van der Waals surface area contributed by atoms with Crippen molar-refractivity contribution in [2.45, 2.75) is 51.6 Å². The van der Waals surface area contributed by atoms with Crippen molar-refractivity contribution in [1.29, 1.82) is 0 Å². The average molecular weight is 369 g/mol. The van der Waals surface area contributed by atoms with Crippen LogP contribution in [0.2, 0.25) is 0 Å². The van der Waals surface area contributed by atoms with Crippen LogP contribution < -0.4 is 5.56 Å². The zero-order valence-corrected chi connectivity index (χ0v) is 15.4. The lowest BCUT2D eigenvalue weighted by atomic mass is 10.1. The van der Waals surface area contributed by atoms with E-state index in [1.807, 2.05) is 24.0 Å². The van der Waals surface area contributed by atoms with Crippen molar-refractivity contribution >= 4 is 11.4 Å². The van der Waals surface area contributed by atoms with Crippen LogP contribution in [0.25, 0.3) is 5.52 Å². The molecule has 0 N–H and O–H groups in total. The lowest BCUT2D eigenvalue weighted by molar-refractivity contribution is -0.135. The Hall–Kier alpha value is -2.90. The number of likely N-dealkylation sites (tertiary alicyclic amines) is 1. The summed E-state index contributed by atoms with van der Waals surface area (Å²) in [5.41, 5.74) is 0.0878. The molecule has 1 atom stereocenters. The number of aromatic nitrogens is 4. The number of fused-ring (bicyclic) bond motifs is 1. The summed E-state index contributed by atoms with van der Waals surface area (Å²) < 4.78 is 8.56. The van der Waals surface area contributed by atoms with E-state index in [-0.39, 0.29) is 24.1 Å². The van der Waals surface area contributed by atoms with Gasteiger partial charge in [0.25, 0.3) is 5.56 Å². The van der Waals surface area contributed by atoms with Crippen molar-refractivity contribution < 1.29 is 9.21 Å².